The zero-order chi connectivity index (χ0) is 24.9. The molecule has 0 bridgehead atoms. The first-order valence-electron chi connectivity index (χ1n) is 12.2. The highest BCUT2D eigenvalue weighted by molar-refractivity contribution is 5.95. The van der Waals surface area contributed by atoms with Crippen molar-refractivity contribution >= 4 is 23.5 Å². The van der Waals surface area contributed by atoms with Crippen molar-refractivity contribution in [1.82, 2.24) is 0 Å². The first-order valence-corrected chi connectivity index (χ1v) is 12.2. The molecule has 2 N–H and O–H groups in total. The molecular formula is C27H34O7. The number of carbonyl (C=O) groups excluding carboxylic acids is 3. The van der Waals surface area contributed by atoms with E-state index in [0.29, 0.717) is 38.5 Å². The Morgan fingerprint density at radius 3 is 2.65 bits per heavy atom. The summed E-state index contributed by atoms with van der Waals surface area (Å²) >= 11 is 0. The molecule has 7 heteroatoms. The minimum absolute atomic E-state index is 0.0124. The van der Waals surface area contributed by atoms with Crippen LogP contribution in [0.25, 0.3) is 0 Å². The summed E-state index contributed by atoms with van der Waals surface area (Å²) in [7, 11) is 0. The van der Waals surface area contributed by atoms with Crippen LogP contribution in [0.5, 0.6) is 0 Å². The van der Waals surface area contributed by atoms with Crippen molar-refractivity contribution in [3.8, 4) is 0 Å². The maximum absolute atomic E-state index is 13.4. The van der Waals surface area contributed by atoms with E-state index in [0.717, 1.165) is 11.8 Å². The van der Waals surface area contributed by atoms with Gasteiger partial charge in [0, 0.05) is 42.6 Å². The van der Waals surface area contributed by atoms with Gasteiger partial charge in [-0.25, -0.2) is 0 Å². The number of ether oxygens (including phenoxy) is 1. The van der Waals surface area contributed by atoms with Crippen LogP contribution in [0.1, 0.15) is 72.1 Å². The number of hydrogen-bond donors (Lipinski definition) is 2. The second-order valence-electron chi connectivity index (χ2n) is 11.0. The molecule has 1 unspecified atom stereocenters. The van der Waals surface area contributed by atoms with Gasteiger partial charge in [-0.3, -0.25) is 19.2 Å². The second kappa shape index (κ2) is 8.59. The summed E-state index contributed by atoms with van der Waals surface area (Å²) < 4.78 is 4.86. The highest BCUT2D eigenvalue weighted by atomic mass is 16.5. The molecule has 34 heavy (non-hydrogen) atoms. The fraction of sp³-hybridized carbons (Fsp3) is 0.630. The van der Waals surface area contributed by atoms with Gasteiger partial charge in [0.25, 0.3) is 0 Å². The van der Waals surface area contributed by atoms with Crippen molar-refractivity contribution in [2.45, 2.75) is 77.7 Å². The predicted molar refractivity (Wildman–Crippen MR) is 123 cm³/mol. The number of rotatable bonds is 6. The maximum Gasteiger partial charge on any atom is 0.307 e. The van der Waals surface area contributed by atoms with Crippen LogP contribution in [0.4, 0.5) is 0 Å². The zero-order valence-electron chi connectivity index (χ0n) is 20.1. The number of fused-ring (bicyclic) bond motifs is 5. The van der Waals surface area contributed by atoms with Gasteiger partial charge in [-0.1, -0.05) is 31.1 Å². The van der Waals surface area contributed by atoms with E-state index in [9.17, 15) is 29.4 Å². The first-order chi connectivity index (χ1) is 15.9. The molecule has 0 radical (unpaired) electrons. The lowest BCUT2D eigenvalue weighted by Gasteiger charge is -2.57. The Balaban J connectivity index is 1.76. The van der Waals surface area contributed by atoms with Gasteiger partial charge >= 0.3 is 11.9 Å². The van der Waals surface area contributed by atoms with Crippen molar-refractivity contribution in [2.75, 3.05) is 0 Å². The van der Waals surface area contributed by atoms with Crippen LogP contribution >= 0.6 is 0 Å². The van der Waals surface area contributed by atoms with E-state index in [1.165, 1.54) is 18.6 Å². The standard InChI is InChI=1S/C27H34O7/c1-16(28)34-13-8-22(30)19-15-17-14-18(29)4-9-25(17,2)20-5-10-26(3)21(24(19)20)6-11-27(26,33)12-7-23(31)32/h5,8,13-14,19,21,24,33H,4,6-7,9-12,15H2,1-3H3,(H,31,32)/t19?,21-,24+,25-,26-,27-/m0/s1. The van der Waals surface area contributed by atoms with Crippen LogP contribution in [-0.4, -0.2) is 39.3 Å². The van der Waals surface area contributed by atoms with E-state index in [-0.39, 0.29) is 41.7 Å². The van der Waals surface area contributed by atoms with Gasteiger partial charge in [0.15, 0.2) is 11.6 Å². The number of hydrogen-bond acceptors (Lipinski definition) is 6. The summed E-state index contributed by atoms with van der Waals surface area (Å²) in [6.07, 6.45) is 9.84. The normalized spacial score (nSPS) is 38.9. The summed E-state index contributed by atoms with van der Waals surface area (Å²) in [6, 6.07) is 0. The number of carbonyl (C=O) groups is 4. The van der Waals surface area contributed by atoms with Crippen molar-refractivity contribution in [1.29, 1.82) is 0 Å². The summed E-state index contributed by atoms with van der Waals surface area (Å²) in [4.78, 5) is 48.1. The third kappa shape index (κ3) is 3.88. The Kier molecular flexibility index (Phi) is 6.21. The number of carboxylic acids is 1. The molecule has 4 aliphatic carbocycles. The van der Waals surface area contributed by atoms with Gasteiger partial charge in [-0.05, 0) is 56.4 Å². The van der Waals surface area contributed by atoms with Crippen molar-refractivity contribution in [3.63, 3.8) is 0 Å². The molecule has 0 spiro atoms. The summed E-state index contributed by atoms with van der Waals surface area (Å²) in [5.74, 6) is -2.06. The van der Waals surface area contributed by atoms with Gasteiger partial charge in [0.2, 0.25) is 0 Å². The Morgan fingerprint density at radius 2 is 1.97 bits per heavy atom. The molecule has 0 aliphatic heterocycles. The number of ketones is 2. The van der Waals surface area contributed by atoms with Crippen LogP contribution in [-0.2, 0) is 23.9 Å². The predicted octanol–water partition coefficient (Wildman–Crippen LogP) is 3.91. The Labute approximate surface area is 199 Å². The maximum atomic E-state index is 13.4. The fourth-order valence-electron chi connectivity index (χ4n) is 7.29. The van der Waals surface area contributed by atoms with E-state index in [2.05, 4.69) is 13.0 Å². The third-order valence-electron chi connectivity index (χ3n) is 9.30. The molecule has 4 aliphatic rings. The van der Waals surface area contributed by atoms with Gasteiger partial charge < -0.3 is 14.9 Å². The van der Waals surface area contributed by atoms with E-state index >= 15 is 0 Å². The summed E-state index contributed by atoms with van der Waals surface area (Å²) in [5.41, 5.74) is 0.197. The molecule has 4 rings (SSSR count). The lowest BCUT2D eigenvalue weighted by Crippen LogP contribution is -2.53. The van der Waals surface area contributed by atoms with Crippen LogP contribution in [0.3, 0.4) is 0 Å². The largest absolute Gasteiger partial charge is 0.481 e. The first kappa shape index (κ1) is 24.6. The quantitative estimate of drug-likeness (QED) is 0.262. The molecule has 0 saturated heterocycles. The van der Waals surface area contributed by atoms with Crippen LogP contribution in [0.15, 0.2) is 35.6 Å². The topological polar surface area (TPSA) is 118 Å². The SMILES string of the molecule is CC(=O)OC=CC(=O)C1CC2=CC(=O)CC[C@]2(C)C2=CC[C@@]3(C)[C@@H](CC[C@]3(O)CCC(=O)O)[C@@H]21. The summed E-state index contributed by atoms with van der Waals surface area (Å²) in [6.45, 7) is 5.46. The van der Waals surface area contributed by atoms with E-state index in [4.69, 9.17) is 4.74 Å². The van der Waals surface area contributed by atoms with Crippen LogP contribution in [0.2, 0.25) is 0 Å². The van der Waals surface area contributed by atoms with E-state index in [1.807, 2.05) is 6.92 Å². The molecule has 7 nitrogen and oxygen atoms in total. The monoisotopic (exact) mass is 470 g/mol. The molecule has 2 saturated carbocycles. The second-order valence-corrected chi connectivity index (χ2v) is 11.0. The average molecular weight is 471 g/mol. The molecule has 0 aromatic carbocycles. The Bertz CT molecular complexity index is 1020. The lowest BCUT2D eigenvalue weighted by atomic mass is 9.47. The molecule has 0 heterocycles. The van der Waals surface area contributed by atoms with Crippen molar-refractivity contribution < 1.29 is 34.1 Å². The zero-order valence-corrected chi connectivity index (χ0v) is 20.1. The van der Waals surface area contributed by atoms with Crippen LogP contribution in [0, 0.1) is 28.6 Å². The fourth-order valence-corrected chi connectivity index (χ4v) is 7.29. The highest BCUT2D eigenvalue weighted by Gasteiger charge is 2.63. The Hall–Kier alpha value is -2.54. The third-order valence-corrected chi connectivity index (χ3v) is 9.30. The Morgan fingerprint density at radius 1 is 1.24 bits per heavy atom. The number of aliphatic hydroxyl groups is 1. The molecule has 0 amide bonds. The minimum Gasteiger partial charge on any atom is -0.481 e. The van der Waals surface area contributed by atoms with Crippen molar-refractivity contribution in [3.05, 3.63) is 35.6 Å². The summed E-state index contributed by atoms with van der Waals surface area (Å²) in [5, 5.41) is 20.9. The van der Waals surface area contributed by atoms with Gasteiger partial charge in [0.05, 0.1) is 11.9 Å². The number of allylic oxidation sites excluding steroid dienone is 5. The minimum atomic E-state index is -1.11. The van der Waals surface area contributed by atoms with Gasteiger partial charge in [-0.2, -0.15) is 0 Å². The molecule has 2 fully saturated rings. The van der Waals surface area contributed by atoms with E-state index < -0.39 is 28.9 Å². The molecule has 0 aromatic rings. The van der Waals surface area contributed by atoms with E-state index in [1.54, 1.807) is 6.08 Å². The smallest absolute Gasteiger partial charge is 0.307 e. The molecule has 184 valence electrons. The highest BCUT2D eigenvalue weighted by Crippen LogP contribution is 2.67. The van der Waals surface area contributed by atoms with Crippen LogP contribution < -0.4 is 0 Å². The molecule has 0 aromatic heterocycles. The number of carboxylic acid groups (broad SMARTS) is 1. The van der Waals surface area contributed by atoms with Crippen molar-refractivity contribution in [2.24, 2.45) is 28.6 Å². The molecular weight excluding hydrogens is 436 g/mol. The average Bonchev–Trinajstić information content (AvgIpc) is 3.03. The van der Waals surface area contributed by atoms with Gasteiger partial charge in [-0.15, -0.1) is 0 Å². The number of aliphatic carboxylic acids is 1. The number of esters is 1. The van der Waals surface area contributed by atoms with Gasteiger partial charge in [0.1, 0.15) is 0 Å². The molecule has 6 atom stereocenters. The lowest BCUT2D eigenvalue weighted by molar-refractivity contribution is -0.141.